The molecule has 4 heteroatoms. The van der Waals surface area contributed by atoms with Gasteiger partial charge in [-0.3, -0.25) is 9.78 Å². The maximum Gasteiger partial charge on any atom is 0.273 e. The second-order valence-corrected chi connectivity index (χ2v) is 4.91. The largest absolute Gasteiger partial charge is 0.333 e. The zero-order chi connectivity index (χ0) is 13.0. The summed E-state index contributed by atoms with van der Waals surface area (Å²) in [6, 6.07) is 3.95. The molecule has 2 heterocycles. The molecule has 1 aliphatic rings. The van der Waals surface area contributed by atoms with Crippen LogP contribution in [0.25, 0.3) is 0 Å². The van der Waals surface area contributed by atoms with Crippen LogP contribution in [0, 0.1) is 6.92 Å². The number of amides is 1. The number of pyridine rings is 1. The molecule has 1 unspecified atom stereocenters. The average Bonchev–Trinajstić information content (AvgIpc) is 2.63. The minimum Gasteiger partial charge on any atom is -0.333 e. The molecule has 1 aromatic heterocycles. The topological polar surface area (TPSA) is 59.2 Å². The predicted molar refractivity (Wildman–Crippen MR) is 71.3 cm³/mol. The highest BCUT2D eigenvalue weighted by Crippen LogP contribution is 2.19. The van der Waals surface area contributed by atoms with Crippen molar-refractivity contribution in [2.75, 3.05) is 13.1 Å². The van der Waals surface area contributed by atoms with Crippen molar-refractivity contribution in [3.8, 4) is 0 Å². The fourth-order valence-corrected chi connectivity index (χ4v) is 2.54. The van der Waals surface area contributed by atoms with Gasteiger partial charge in [-0.2, -0.15) is 0 Å². The Labute approximate surface area is 108 Å². The number of nitrogens with zero attached hydrogens (tertiary/aromatic N) is 2. The molecule has 1 atom stereocenters. The van der Waals surface area contributed by atoms with E-state index in [2.05, 4.69) is 4.98 Å². The molecule has 0 radical (unpaired) electrons. The van der Waals surface area contributed by atoms with Crippen molar-refractivity contribution in [3.05, 3.63) is 29.6 Å². The van der Waals surface area contributed by atoms with Gasteiger partial charge in [0, 0.05) is 25.3 Å². The van der Waals surface area contributed by atoms with Crippen LogP contribution in [0.3, 0.4) is 0 Å². The maximum absolute atomic E-state index is 12.6. The molecule has 18 heavy (non-hydrogen) atoms. The molecule has 0 spiro atoms. The fraction of sp³-hybridized carbons (Fsp3) is 0.571. The highest BCUT2D eigenvalue weighted by Gasteiger charge is 2.26. The lowest BCUT2D eigenvalue weighted by Gasteiger charge is -2.29. The van der Waals surface area contributed by atoms with Gasteiger partial charge in [-0.15, -0.1) is 0 Å². The first-order valence-electron chi connectivity index (χ1n) is 6.66. The van der Waals surface area contributed by atoms with Crippen molar-refractivity contribution in [3.63, 3.8) is 0 Å². The second-order valence-electron chi connectivity index (χ2n) is 4.91. The number of aryl methyl sites for hydroxylation is 1. The number of hydrogen-bond donors (Lipinski definition) is 1. The SMILES string of the molecule is Cc1cccnc1C(=O)N1CCCCCC1CN. The van der Waals surface area contributed by atoms with E-state index >= 15 is 0 Å². The van der Waals surface area contributed by atoms with Gasteiger partial charge in [0.25, 0.3) is 5.91 Å². The van der Waals surface area contributed by atoms with Crippen LogP contribution in [-0.2, 0) is 0 Å². The van der Waals surface area contributed by atoms with Gasteiger partial charge in [-0.1, -0.05) is 18.9 Å². The van der Waals surface area contributed by atoms with Crippen LogP contribution in [-0.4, -0.2) is 34.9 Å². The van der Waals surface area contributed by atoms with Crippen LogP contribution in [0.15, 0.2) is 18.3 Å². The molecule has 2 N–H and O–H groups in total. The maximum atomic E-state index is 12.6. The second kappa shape index (κ2) is 5.96. The number of aromatic nitrogens is 1. The summed E-state index contributed by atoms with van der Waals surface area (Å²) in [5.74, 6) is 0.0328. The van der Waals surface area contributed by atoms with Crippen LogP contribution < -0.4 is 5.73 Å². The number of carbonyl (C=O) groups is 1. The van der Waals surface area contributed by atoms with Gasteiger partial charge in [-0.25, -0.2) is 0 Å². The highest BCUT2D eigenvalue weighted by molar-refractivity contribution is 5.93. The Morgan fingerprint density at radius 3 is 3.06 bits per heavy atom. The van der Waals surface area contributed by atoms with Gasteiger partial charge in [0.1, 0.15) is 5.69 Å². The first kappa shape index (κ1) is 13.0. The summed E-state index contributed by atoms with van der Waals surface area (Å²) in [5, 5.41) is 0. The van der Waals surface area contributed by atoms with Gasteiger partial charge < -0.3 is 10.6 Å². The normalized spacial score (nSPS) is 20.6. The highest BCUT2D eigenvalue weighted by atomic mass is 16.2. The van der Waals surface area contributed by atoms with Gasteiger partial charge in [0.2, 0.25) is 0 Å². The van der Waals surface area contributed by atoms with E-state index in [1.54, 1.807) is 6.20 Å². The van der Waals surface area contributed by atoms with Crippen LogP contribution in [0.5, 0.6) is 0 Å². The monoisotopic (exact) mass is 247 g/mol. The lowest BCUT2D eigenvalue weighted by molar-refractivity contribution is 0.0682. The minimum absolute atomic E-state index is 0.0328. The molecule has 0 aromatic carbocycles. The Hall–Kier alpha value is -1.42. The molecular formula is C14H21N3O. The van der Waals surface area contributed by atoms with E-state index in [0.717, 1.165) is 31.4 Å². The van der Waals surface area contributed by atoms with Crippen molar-refractivity contribution < 1.29 is 4.79 Å². The van der Waals surface area contributed by atoms with Crippen LogP contribution in [0.2, 0.25) is 0 Å². The third-order valence-corrected chi connectivity index (χ3v) is 3.62. The van der Waals surface area contributed by atoms with Crippen LogP contribution in [0.1, 0.15) is 41.7 Å². The van der Waals surface area contributed by atoms with E-state index in [0.29, 0.717) is 12.2 Å². The van der Waals surface area contributed by atoms with Crippen molar-refractivity contribution in [2.24, 2.45) is 5.73 Å². The van der Waals surface area contributed by atoms with E-state index in [4.69, 9.17) is 5.73 Å². The van der Waals surface area contributed by atoms with E-state index in [1.165, 1.54) is 6.42 Å². The Bertz CT molecular complexity index is 419. The molecule has 98 valence electrons. The average molecular weight is 247 g/mol. The van der Waals surface area contributed by atoms with Gasteiger partial charge in [0.05, 0.1) is 0 Å². The summed E-state index contributed by atoms with van der Waals surface area (Å²) < 4.78 is 0. The Balaban J connectivity index is 2.23. The zero-order valence-corrected chi connectivity index (χ0v) is 10.9. The van der Waals surface area contributed by atoms with Crippen LogP contribution >= 0.6 is 0 Å². The summed E-state index contributed by atoms with van der Waals surface area (Å²) in [5.41, 5.74) is 7.30. The number of nitrogens with two attached hydrogens (primary N) is 1. The Morgan fingerprint density at radius 1 is 1.50 bits per heavy atom. The van der Waals surface area contributed by atoms with Crippen molar-refractivity contribution >= 4 is 5.91 Å². The zero-order valence-electron chi connectivity index (χ0n) is 10.9. The summed E-state index contributed by atoms with van der Waals surface area (Å²) >= 11 is 0. The van der Waals surface area contributed by atoms with Crippen molar-refractivity contribution in [2.45, 2.75) is 38.6 Å². The Kier molecular flexibility index (Phi) is 4.31. The molecule has 1 amide bonds. The molecule has 2 rings (SSSR count). The van der Waals surface area contributed by atoms with Crippen LogP contribution in [0.4, 0.5) is 0 Å². The first-order chi connectivity index (χ1) is 8.74. The van der Waals surface area contributed by atoms with Crippen molar-refractivity contribution in [1.82, 2.24) is 9.88 Å². The van der Waals surface area contributed by atoms with Gasteiger partial charge in [-0.05, 0) is 31.4 Å². The van der Waals surface area contributed by atoms with E-state index < -0.39 is 0 Å². The summed E-state index contributed by atoms with van der Waals surface area (Å²) in [6.07, 6.45) is 6.09. The lowest BCUT2D eigenvalue weighted by atomic mass is 10.1. The predicted octanol–water partition coefficient (Wildman–Crippen LogP) is 1.73. The molecule has 0 saturated carbocycles. The molecule has 1 aliphatic heterocycles. The molecule has 1 fully saturated rings. The minimum atomic E-state index is 0.0328. The lowest BCUT2D eigenvalue weighted by Crippen LogP contribution is -2.44. The van der Waals surface area contributed by atoms with Gasteiger partial charge >= 0.3 is 0 Å². The smallest absolute Gasteiger partial charge is 0.273 e. The fourth-order valence-electron chi connectivity index (χ4n) is 2.54. The standard InChI is InChI=1S/C14H21N3O/c1-11-6-5-8-16-13(11)14(18)17-9-4-2-3-7-12(17)10-15/h5-6,8,12H,2-4,7,9-10,15H2,1H3. The first-order valence-corrected chi connectivity index (χ1v) is 6.66. The van der Waals surface area contributed by atoms with E-state index in [-0.39, 0.29) is 11.9 Å². The molecular weight excluding hydrogens is 226 g/mol. The molecule has 0 bridgehead atoms. The number of likely N-dealkylation sites (tertiary alicyclic amines) is 1. The number of rotatable bonds is 2. The molecule has 1 saturated heterocycles. The van der Waals surface area contributed by atoms with E-state index in [9.17, 15) is 4.79 Å². The number of hydrogen-bond acceptors (Lipinski definition) is 3. The summed E-state index contributed by atoms with van der Waals surface area (Å²) in [4.78, 5) is 18.7. The molecule has 0 aliphatic carbocycles. The quantitative estimate of drug-likeness (QED) is 0.866. The number of carbonyl (C=O) groups excluding carboxylic acids is 1. The van der Waals surface area contributed by atoms with Gasteiger partial charge in [0.15, 0.2) is 0 Å². The summed E-state index contributed by atoms with van der Waals surface area (Å²) in [7, 11) is 0. The Morgan fingerprint density at radius 2 is 2.33 bits per heavy atom. The molecule has 1 aromatic rings. The summed E-state index contributed by atoms with van der Waals surface area (Å²) in [6.45, 7) is 3.27. The molecule has 4 nitrogen and oxygen atoms in total. The van der Waals surface area contributed by atoms with Crippen molar-refractivity contribution in [1.29, 1.82) is 0 Å². The van der Waals surface area contributed by atoms with E-state index in [1.807, 2.05) is 24.0 Å². The third-order valence-electron chi connectivity index (χ3n) is 3.62. The third kappa shape index (κ3) is 2.70.